The number of para-hydroxylation sites is 1. The van der Waals surface area contributed by atoms with E-state index in [-0.39, 0.29) is 11.6 Å². The van der Waals surface area contributed by atoms with Gasteiger partial charge in [-0.3, -0.25) is 0 Å². The zero-order valence-corrected chi connectivity index (χ0v) is 7.38. The third-order valence-corrected chi connectivity index (χ3v) is 1.06. The molecule has 3 heteroatoms. The third-order valence-electron chi connectivity index (χ3n) is 1.06. The van der Waals surface area contributed by atoms with Crippen molar-refractivity contribution in [3.05, 3.63) is 30.1 Å². The van der Waals surface area contributed by atoms with E-state index in [2.05, 4.69) is 4.74 Å². The summed E-state index contributed by atoms with van der Waals surface area (Å²) < 4.78 is 17.1. The molecule has 0 atom stereocenters. The molecule has 2 N–H and O–H groups in total. The number of rotatable bonds is 1. The van der Waals surface area contributed by atoms with Crippen LogP contribution in [0.15, 0.2) is 24.3 Å². The first kappa shape index (κ1) is 10.9. The maximum absolute atomic E-state index is 12.5. The summed E-state index contributed by atoms with van der Waals surface area (Å²) in [5.74, 6) is -0.0301. The van der Waals surface area contributed by atoms with Crippen molar-refractivity contribution in [2.75, 3.05) is 13.7 Å². The fourth-order valence-corrected chi connectivity index (χ4v) is 0.610. The number of hydrogen-bond donors (Lipinski definition) is 1. The molecule has 0 saturated carbocycles. The maximum Gasteiger partial charge on any atom is 0.165 e. The zero-order chi connectivity index (χ0) is 9.40. The third kappa shape index (κ3) is 3.93. The number of ether oxygens (including phenoxy) is 1. The summed E-state index contributed by atoms with van der Waals surface area (Å²) >= 11 is 0. The zero-order valence-electron chi connectivity index (χ0n) is 7.38. The molecular weight excluding hydrogens is 157 g/mol. The molecule has 12 heavy (non-hydrogen) atoms. The smallest absolute Gasteiger partial charge is 0.165 e. The van der Waals surface area contributed by atoms with Gasteiger partial charge < -0.3 is 10.5 Å². The molecule has 0 unspecified atom stereocenters. The van der Waals surface area contributed by atoms with E-state index < -0.39 is 0 Å². The van der Waals surface area contributed by atoms with Crippen LogP contribution in [0.2, 0.25) is 0 Å². The molecular formula is C9H14FNO. The van der Waals surface area contributed by atoms with Crippen LogP contribution < -0.4 is 10.5 Å². The van der Waals surface area contributed by atoms with E-state index in [1.54, 1.807) is 18.2 Å². The van der Waals surface area contributed by atoms with Crippen molar-refractivity contribution in [3.8, 4) is 5.75 Å². The van der Waals surface area contributed by atoms with Gasteiger partial charge in [-0.1, -0.05) is 19.1 Å². The second-order valence-electron chi connectivity index (χ2n) is 2.04. The van der Waals surface area contributed by atoms with Crippen LogP contribution in [0, 0.1) is 5.82 Å². The van der Waals surface area contributed by atoms with Crippen molar-refractivity contribution < 1.29 is 9.13 Å². The maximum atomic E-state index is 12.5. The van der Waals surface area contributed by atoms with Crippen molar-refractivity contribution in [2.24, 2.45) is 5.73 Å². The van der Waals surface area contributed by atoms with Crippen LogP contribution in [0.4, 0.5) is 4.39 Å². The lowest BCUT2D eigenvalue weighted by atomic mass is 10.3. The first-order valence-electron chi connectivity index (χ1n) is 3.74. The van der Waals surface area contributed by atoms with Crippen LogP contribution in [0.5, 0.6) is 5.75 Å². The summed E-state index contributed by atoms with van der Waals surface area (Å²) in [6, 6.07) is 6.29. The minimum Gasteiger partial charge on any atom is -0.494 e. The molecule has 0 aliphatic heterocycles. The predicted octanol–water partition coefficient (Wildman–Crippen LogP) is 1.80. The lowest BCUT2D eigenvalue weighted by Crippen LogP contribution is -1.87. The molecule has 1 aromatic rings. The fraction of sp³-hybridized carbons (Fsp3) is 0.333. The van der Waals surface area contributed by atoms with E-state index >= 15 is 0 Å². The van der Waals surface area contributed by atoms with Gasteiger partial charge in [0.05, 0.1) is 7.11 Å². The summed E-state index contributed by atoms with van der Waals surface area (Å²) in [6.07, 6.45) is 0. The Morgan fingerprint density at radius 1 is 1.42 bits per heavy atom. The van der Waals surface area contributed by atoms with E-state index in [0.29, 0.717) is 0 Å². The molecule has 0 aromatic heterocycles. The van der Waals surface area contributed by atoms with Crippen LogP contribution >= 0.6 is 0 Å². The molecule has 0 heterocycles. The van der Waals surface area contributed by atoms with E-state index in [0.717, 1.165) is 6.54 Å². The first-order chi connectivity index (χ1) is 5.76. The molecule has 0 bridgehead atoms. The van der Waals surface area contributed by atoms with Gasteiger partial charge in [-0.2, -0.15) is 0 Å². The molecule has 2 nitrogen and oxygen atoms in total. The molecule has 0 saturated heterocycles. The van der Waals surface area contributed by atoms with Gasteiger partial charge in [-0.15, -0.1) is 0 Å². The number of methoxy groups -OCH3 is 1. The van der Waals surface area contributed by atoms with Crippen molar-refractivity contribution in [1.29, 1.82) is 0 Å². The van der Waals surface area contributed by atoms with Gasteiger partial charge >= 0.3 is 0 Å². The Kier molecular flexibility index (Phi) is 6.01. The Morgan fingerprint density at radius 3 is 2.25 bits per heavy atom. The molecule has 1 rings (SSSR count). The lowest BCUT2D eigenvalue weighted by Gasteiger charge is -1.97. The number of halogens is 1. The second kappa shape index (κ2) is 6.61. The Hall–Kier alpha value is -1.09. The second-order valence-corrected chi connectivity index (χ2v) is 2.04. The van der Waals surface area contributed by atoms with E-state index in [4.69, 9.17) is 5.73 Å². The van der Waals surface area contributed by atoms with Gasteiger partial charge in [0, 0.05) is 0 Å². The Balaban J connectivity index is 0.000000354. The summed E-state index contributed by atoms with van der Waals surface area (Å²) in [7, 11) is 1.44. The monoisotopic (exact) mass is 171 g/mol. The highest BCUT2D eigenvalue weighted by molar-refractivity contribution is 5.23. The van der Waals surface area contributed by atoms with Crippen LogP contribution in [-0.2, 0) is 0 Å². The predicted molar refractivity (Wildman–Crippen MR) is 47.7 cm³/mol. The highest BCUT2D eigenvalue weighted by atomic mass is 19.1. The molecule has 0 aliphatic rings. The molecule has 0 radical (unpaired) electrons. The summed E-state index contributed by atoms with van der Waals surface area (Å²) in [4.78, 5) is 0. The van der Waals surface area contributed by atoms with E-state index in [1.165, 1.54) is 13.2 Å². The number of hydrogen-bond acceptors (Lipinski definition) is 2. The van der Waals surface area contributed by atoms with Crippen molar-refractivity contribution in [3.63, 3.8) is 0 Å². The molecule has 0 amide bonds. The minimum absolute atomic E-state index is 0.289. The van der Waals surface area contributed by atoms with Crippen molar-refractivity contribution in [2.45, 2.75) is 6.92 Å². The van der Waals surface area contributed by atoms with E-state index in [9.17, 15) is 4.39 Å². The van der Waals surface area contributed by atoms with Gasteiger partial charge in [-0.05, 0) is 18.7 Å². The first-order valence-corrected chi connectivity index (χ1v) is 3.74. The summed E-state index contributed by atoms with van der Waals surface area (Å²) in [5, 5.41) is 0. The van der Waals surface area contributed by atoms with Crippen molar-refractivity contribution >= 4 is 0 Å². The standard InChI is InChI=1S/C7H7FO.C2H7N/c1-9-7-5-3-2-4-6(7)8;1-2-3/h2-5H,1H3;2-3H2,1H3. The largest absolute Gasteiger partial charge is 0.494 e. The van der Waals surface area contributed by atoms with Crippen LogP contribution in [0.1, 0.15) is 6.92 Å². The van der Waals surface area contributed by atoms with Gasteiger partial charge in [-0.25, -0.2) is 4.39 Å². The Morgan fingerprint density at radius 2 is 1.92 bits per heavy atom. The summed E-state index contributed by atoms with van der Waals surface area (Å²) in [6.45, 7) is 2.65. The van der Waals surface area contributed by atoms with Gasteiger partial charge in [0.15, 0.2) is 11.6 Å². The van der Waals surface area contributed by atoms with E-state index in [1.807, 2.05) is 6.92 Å². The van der Waals surface area contributed by atoms with Crippen molar-refractivity contribution in [1.82, 2.24) is 0 Å². The SMILES string of the molecule is CCN.COc1ccccc1F. The Bertz CT molecular complexity index is 215. The Labute approximate surface area is 72.2 Å². The molecule has 68 valence electrons. The highest BCUT2D eigenvalue weighted by Crippen LogP contribution is 2.13. The lowest BCUT2D eigenvalue weighted by molar-refractivity contribution is 0.386. The number of benzene rings is 1. The quantitative estimate of drug-likeness (QED) is 0.699. The highest BCUT2D eigenvalue weighted by Gasteiger charge is 1.95. The van der Waals surface area contributed by atoms with Crippen LogP contribution in [0.3, 0.4) is 0 Å². The van der Waals surface area contributed by atoms with Crippen LogP contribution in [-0.4, -0.2) is 13.7 Å². The molecule has 0 fully saturated rings. The minimum atomic E-state index is -0.319. The normalized spacial score (nSPS) is 8.33. The average molecular weight is 171 g/mol. The molecule has 0 aliphatic carbocycles. The topological polar surface area (TPSA) is 35.2 Å². The fourth-order valence-electron chi connectivity index (χ4n) is 0.610. The van der Waals surface area contributed by atoms with Gasteiger partial charge in [0.2, 0.25) is 0 Å². The van der Waals surface area contributed by atoms with Crippen LogP contribution in [0.25, 0.3) is 0 Å². The molecule has 1 aromatic carbocycles. The van der Waals surface area contributed by atoms with Gasteiger partial charge in [0.1, 0.15) is 0 Å². The number of nitrogens with two attached hydrogens (primary N) is 1. The molecule has 0 spiro atoms. The van der Waals surface area contributed by atoms with Gasteiger partial charge in [0.25, 0.3) is 0 Å². The summed E-state index contributed by atoms with van der Waals surface area (Å²) in [5.41, 5.74) is 4.85. The average Bonchev–Trinajstić information content (AvgIpc) is 2.07.